The highest BCUT2D eigenvalue weighted by Crippen LogP contribution is 2.34. The molecular formula is C23H25N5O5. The lowest BCUT2D eigenvalue weighted by molar-refractivity contribution is -0.141. The van der Waals surface area contributed by atoms with E-state index in [2.05, 4.69) is 9.97 Å². The second kappa shape index (κ2) is 8.53. The van der Waals surface area contributed by atoms with Crippen molar-refractivity contribution in [3.05, 3.63) is 36.4 Å². The Labute approximate surface area is 212 Å². The van der Waals surface area contributed by atoms with Gasteiger partial charge in [-0.15, -0.1) is 0 Å². The molecule has 1 amide bonds. The summed E-state index contributed by atoms with van der Waals surface area (Å²) in [4.78, 5) is 22.5. The molecule has 0 saturated carbocycles. The number of piperazine rings is 1. The van der Waals surface area contributed by atoms with Crippen LogP contribution in [0.3, 0.4) is 0 Å². The second-order valence-electron chi connectivity index (χ2n) is 6.76. The van der Waals surface area contributed by atoms with E-state index in [0.29, 0.717) is 9.80 Å². The van der Waals surface area contributed by atoms with E-state index < -0.39 is 105 Å². The molecule has 3 aromatic rings. The van der Waals surface area contributed by atoms with Crippen molar-refractivity contribution in [2.75, 3.05) is 57.4 Å². The lowest BCUT2D eigenvalue weighted by Crippen LogP contribution is -2.54. The molecule has 2 aromatic carbocycles. The van der Waals surface area contributed by atoms with Crippen LogP contribution in [0.1, 0.15) is 17.8 Å². The fraction of sp³-hybridized carbons (Fsp3) is 0.348. The number of carbonyl (C=O) groups excluding carboxylic acids is 1. The zero-order valence-electron chi connectivity index (χ0n) is 31.7. The van der Waals surface area contributed by atoms with Gasteiger partial charge in [0, 0.05) is 37.5 Å². The number of aromatic nitrogens is 2. The normalized spacial score (nSPS) is 30.2. The Morgan fingerprint density at radius 1 is 1.24 bits per heavy atom. The van der Waals surface area contributed by atoms with Gasteiger partial charge in [-0.2, -0.15) is 4.98 Å². The maximum atomic E-state index is 13.5. The predicted molar refractivity (Wildman–Crippen MR) is 122 cm³/mol. The van der Waals surface area contributed by atoms with Crippen LogP contribution in [-0.2, 0) is 4.79 Å². The van der Waals surface area contributed by atoms with Crippen LogP contribution in [0.5, 0.6) is 23.0 Å². The van der Waals surface area contributed by atoms with Gasteiger partial charge >= 0.3 is 0 Å². The molecule has 0 aliphatic carbocycles. The van der Waals surface area contributed by atoms with Crippen molar-refractivity contribution in [2.24, 2.45) is 0 Å². The van der Waals surface area contributed by atoms with Crippen molar-refractivity contribution < 1.29 is 44.4 Å². The van der Waals surface area contributed by atoms with Crippen LogP contribution in [0.2, 0.25) is 2.82 Å². The summed E-state index contributed by atoms with van der Waals surface area (Å²) < 4.78 is 142. The number of nitrogens with zero attached hydrogens (tertiary/aromatic N) is 4. The lowest BCUT2D eigenvalue weighted by Gasteiger charge is -2.37. The minimum atomic E-state index is -3.30. The largest absolute Gasteiger partial charge is 0.493 e. The fourth-order valence-electron chi connectivity index (χ4n) is 3.17. The zero-order valence-corrected chi connectivity index (χ0v) is 16.7. The molecule has 3 heterocycles. The molecule has 5 rings (SSSR count). The van der Waals surface area contributed by atoms with Gasteiger partial charge in [0.25, 0.3) is 5.91 Å². The molecule has 33 heavy (non-hydrogen) atoms. The van der Waals surface area contributed by atoms with Crippen LogP contribution in [-0.4, -0.2) is 73.6 Å². The Hall–Kier alpha value is -3.95. The number of benzene rings is 2. The van der Waals surface area contributed by atoms with Crippen LogP contribution in [0, 0.1) is 0 Å². The smallest absolute Gasteiger partial charge is 0.267 e. The number of ether oxygens (including phenoxy) is 4. The van der Waals surface area contributed by atoms with Gasteiger partial charge in [0.2, 0.25) is 12.0 Å². The van der Waals surface area contributed by atoms with Gasteiger partial charge in [-0.3, -0.25) is 4.79 Å². The molecule has 0 bridgehead atoms. The van der Waals surface area contributed by atoms with Gasteiger partial charge in [-0.25, -0.2) is 4.98 Å². The minimum absolute atomic E-state index is 0.0680. The number of rotatable bonds is 5. The van der Waals surface area contributed by atoms with E-state index in [0.717, 1.165) is 0 Å². The van der Waals surface area contributed by atoms with Crippen LogP contribution in [0.4, 0.5) is 11.8 Å². The molecule has 172 valence electrons. The van der Waals surface area contributed by atoms with Crippen LogP contribution < -0.4 is 29.6 Å². The third kappa shape index (κ3) is 3.88. The summed E-state index contributed by atoms with van der Waals surface area (Å²) in [5.74, 6) is -4.72. The molecule has 1 fully saturated rings. The molecular weight excluding hydrogens is 426 g/mol. The van der Waals surface area contributed by atoms with Crippen LogP contribution >= 0.6 is 0 Å². The molecule has 10 heteroatoms. The van der Waals surface area contributed by atoms with Crippen LogP contribution in [0.15, 0.2) is 36.4 Å². The van der Waals surface area contributed by atoms with E-state index in [-0.39, 0.29) is 17.2 Å². The third-order valence-corrected chi connectivity index (χ3v) is 4.77. The van der Waals surface area contributed by atoms with Crippen molar-refractivity contribution in [3.63, 3.8) is 0 Å². The monoisotopic (exact) mass is 466 g/mol. The highest BCUT2D eigenvalue weighted by Gasteiger charge is 2.33. The molecule has 10 nitrogen and oxygen atoms in total. The van der Waals surface area contributed by atoms with Gasteiger partial charge in [-0.05, 0) is 18.2 Å². The van der Waals surface area contributed by atoms with Crippen molar-refractivity contribution >= 4 is 28.6 Å². The number of nitrogen functional groups attached to an aromatic ring is 1. The Morgan fingerprint density at radius 3 is 2.76 bits per heavy atom. The first-order valence-electron chi connectivity index (χ1n) is 16.8. The first-order chi connectivity index (χ1) is 21.9. The molecule has 1 atom stereocenters. The number of fused-ring (bicyclic) bond motifs is 2. The number of hydrogen-bond acceptors (Lipinski definition) is 9. The van der Waals surface area contributed by atoms with Crippen LogP contribution in [0.25, 0.3) is 10.9 Å². The number of hydrogen-bond donors (Lipinski definition) is 1. The lowest BCUT2D eigenvalue weighted by atomic mass is 10.2. The molecule has 1 unspecified atom stereocenters. The number of para-hydroxylation sites is 2. The Kier molecular flexibility index (Phi) is 2.56. The summed E-state index contributed by atoms with van der Waals surface area (Å²) in [6.07, 6.45) is -2.41. The zero-order chi connectivity index (χ0) is 35.8. The first-order valence-corrected chi connectivity index (χ1v) is 9.45. The van der Waals surface area contributed by atoms with Crippen molar-refractivity contribution in [1.29, 1.82) is 0 Å². The van der Waals surface area contributed by atoms with E-state index in [9.17, 15) is 4.79 Å². The fourth-order valence-corrected chi connectivity index (χ4v) is 3.17. The highest BCUT2D eigenvalue weighted by molar-refractivity contribution is 5.91. The Bertz CT molecular complexity index is 1750. The van der Waals surface area contributed by atoms with Gasteiger partial charge in [0.15, 0.2) is 25.8 Å². The van der Waals surface area contributed by atoms with E-state index in [1.165, 1.54) is 6.07 Å². The Morgan fingerprint density at radius 2 is 2.00 bits per heavy atom. The maximum absolute atomic E-state index is 13.5. The summed E-state index contributed by atoms with van der Waals surface area (Å²) in [6, 6.07) is 4.20. The molecule has 1 aromatic heterocycles. The number of amides is 1. The van der Waals surface area contributed by atoms with Crippen molar-refractivity contribution in [3.8, 4) is 23.0 Å². The van der Waals surface area contributed by atoms with Gasteiger partial charge in [0.05, 0.1) is 37.4 Å². The Balaban J connectivity index is 1.61. The van der Waals surface area contributed by atoms with E-state index in [4.69, 9.17) is 39.6 Å². The summed E-state index contributed by atoms with van der Waals surface area (Å²) in [5.41, 5.74) is -0.940. The summed E-state index contributed by atoms with van der Waals surface area (Å²) in [5, 5.41) is -0.674. The SMILES string of the molecule is [2H]c1c(OC([2H])([2H])[2H])c(OC([2H])([2H])[2H])c([2H])c2c(N([2H])[2H])nc(N3C([2H])([2H])CN(C(=O)C4([2H])COc5ccccc5O4)CC3([2H])[2H])nc12. The van der Waals surface area contributed by atoms with Gasteiger partial charge in [-0.1, -0.05) is 12.1 Å². The first kappa shape index (κ1) is 9.90. The number of anilines is 2. The molecule has 2 aliphatic rings. The maximum Gasteiger partial charge on any atom is 0.267 e. The average Bonchev–Trinajstić information content (AvgIpc) is 2.94. The van der Waals surface area contributed by atoms with E-state index >= 15 is 0 Å². The van der Waals surface area contributed by atoms with E-state index in [1.54, 1.807) is 18.2 Å². The number of nitrogens with two attached hydrogens (primary N) is 1. The summed E-state index contributed by atoms with van der Waals surface area (Å²) in [7, 11) is -6.59. The quantitative estimate of drug-likeness (QED) is 0.600. The van der Waals surface area contributed by atoms with Gasteiger partial charge in [0.1, 0.15) is 12.4 Å². The standard InChI is InChI=1S/C23H25N5O5/c1-30-18-11-14-15(12-19(18)31-2)25-23(26-21(14)24)28-9-7-27(8-10-28)22(29)20-13-32-16-5-3-4-6-17(16)33-20/h3-6,11-12,20H,7-10,13H2,1-2H3,(H2,24,25,26)/i1D3,2D3,9D2,10D2,11D,12D,20D/hD2. The summed E-state index contributed by atoms with van der Waals surface area (Å²) in [6.45, 7) is -8.17. The minimum Gasteiger partial charge on any atom is -0.493 e. The highest BCUT2D eigenvalue weighted by atomic mass is 16.6. The molecule has 2 aliphatic heterocycles. The summed E-state index contributed by atoms with van der Waals surface area (Å²) >= 11 is 0. The number of carbonyl (C=O) groups is 1. The average molecular weight is 467 g/mol. The van der Waals surface area contributed by atoms with Gasteiger partial charge < -0.3 is 34.5 Å². The molecule has 0 radical (unpaired) electrons. The predicted octanol–water partition coefficient (Wildman–Crippen LogP) is 1.72. The molecule has 0 spiro atoms. The molecule has 2 N–H and O–H groups in total. The van der Waals surface area contributed by atoms with Crippen molar-refractivity contribution in [2.45, 2.75) is 6.08 Å². The van der Waals surface area contributed by atoms with E-state index in [1.807, 2.05) is 0 Å². The third-order valence-electron chi connectivity index (χ3n) is 4.77. The molecule has 1 saturated heterocycles. The van der Waals surface area contributed by atoms with Crippen molar-refractivity contribution in [1.82, 2.24) is 14.9 Å². The number of methoxy groups -OCH3 is 2. The second-order valence-corrected chi connectivity index (χ2v) is 6.76. The topological polar surface area (TPSA) is 112 Å².